The summed E-state index contributed by atoms with van der Waals surface area (Å²) < 4.78 is 31.3. The highest BCUT2D eigenvalue weighted by atomic mass is 35.5. The second-order valence-corrected chi connectivity index (χ2v) is 4.06. The van der Waals surface area contributed by atoms with Crippen molar-refractivity contribution >= 4 is 29.2 Å². The Morgan fingerprint density at radius 1 is 1.35 bits per heavy atom. The highest BCUT2D eigenvalue weighted by Crippen LogP contribution is 2.27. The van der Waals surface area contributed by atoms with Gasteiger partial charge >= 0.3 is 5.97 Å². The number of rotatable bonds is 4. The van der Waals surface area contributed by atoms with Gasteiger partial charge in [0.25, 0.3) is 5.91 Å². The van der Waals surface area contributed by atoms with Gasteiger partial charge in [-0.15, -0.1) is 0 Å². The van der Waals surface area contributed by atoms with Crippen LogP contribution in [0.25, 0.3) is 0 Å². The van der Waals surface area contributed by atoms with E-state index in [0.29, 0.717) is 0 Å². The van der Waals surface area contributed by atoms with Crippen molar-refractivity contribution < 1.29 is 23.1 Å². The number of esters is 1. The Hall–Kier alpha value is -1.95. The third-order valence-electron chi connectivity index (χ3n) is 2.36. The standard InChI is InChI=1S/C13H12ClF2NO3/c1-3-20-11(19)7-6-10(18)17(2)9-5-4-8(15)12(14)13(9)16/h4-7H,3H2,1-2H3/b7-6+. The number of amides is 1. The lowest BCUT2D eigenvalue weighted by Gasteiger charge is -2.16. The first-order valence-corrected chi connectivity index (χ1v) is 6.02. The van der Waals surface area contributed by atoms with Crippen molar-refractivity contribution in [3.8, 4) is 0 Å². The van der Waals surface area contributed by atoms with E-state index < -0.39 is 28.5 Å². The molecule has 0 aliphatic heterocycles. The number of carbonyl (C=O) groups is 2. The van der Waals surface area contributed by atoms with Crippen LogP contribution in [0.3, 0.4) is 0 Å². The molecule has 0 aromatic heterocycles. The molecule has 0 heterocycles. The molecule has 0 saturated heterocycles. The van der Waals surface area contributed by atoms with Crippen LogP contribution in [-0.4, -0.2) is 25.5 Å². The lowest BCUT2D eigenvalue weighted by molar-refractivity contribution is -0.137. The highest BCUT2D eigenvalue weighted by molar-refractivity contribution is 6.31. The fourth-order valence-electron chi connectivity index (χ4n) is 1.33. The van der Waals surface area contributed by atoms with Crippen molar-refractivity contribution in [2.24, 2.45) is 0 Å². The van der Waals surface area contributed by atoms with Crippen molar-refractivity contribution in [1.29, 1.82) is 0 Å². The summed E-state index contributed by atoms with van der Waals surface area (Å²) in [5.41, 5.74) is -0.199. The molecule has 1 rings (SSSR count). The molecule has 0 spiro atoms. The van der Waals surface area contributed by atoms with E-state index in [-0.39, 0.29) is 12.3 Å². The number of hydrogen-bond acceptors (Lipinski definition) is 3. The monoisotopic (exact) mass is 303 g/mol. The second kappa shape index (κ2) is 7.00. The second-order valence-electron chi connectivity index (χ2n) is 3.68. The minimum atomic E-state index is -1.05. The largest absolute Gasteiger partial charge is 0.463 e. The van der Waals surface area contributed by atoms with Crippen LogP contribution in [0.4, 0.5) is 14.5 Å². The van der Waals surface area contributed by atoms with Gasteiger partial charge < -0.3 is 9.64 Å². The molecule has 1 aromatic rings. The Labute approximate surface area is 119 Å². The Kier molecular flexibility index (Phi) is 5.64. The third-order valence-corrected chi connectivity index (χ3v) is 2.70. The van der Waals surface area contributed by atoms with Gasteiger partial charge in [-0.05, 0) is 19.1 Å². The summed E-state index contributed by atoms with van der Waals surface area (Å²) in [5, 5.41) is -0.698. The molecule has 1 aromatic carbocycles. The maximum Gasteiger partial charge on any atom is 0.330 e. The topological polar surface area (TPSA) is 46.6 Å². The van der Waals surface area contributed by atoms with Crippen molar-refractivity contribution in [1.82, 2.24) is 0 Å². The van der Waals surface area contributed by atoms with Gasteiger partial charge in [-0.25, -0.2) is 13.6 Å². The van der Waals surface area contributed by atoms with Gasteiger partial charge in [0, 0.05) is 19.2 Å². The molecule has 0 fully saturated rings. The van der Waals surface area contributed by atoms with E-state index in [2.05, 4.69) is 4.74 Å². The van der Waals surface area contributed by atoms with Crippen LogP contribution in [0.2, 0.25) is 5.02 Å². The van der Waals surface area contributed by atoms with Gasteiger partial charge in [-0.3, -0.25) is 4.79 Å². The number of carbonyl (C=O) groups excluding carboxylic acids is 2. The van der Waals surface area contributed by atoms with Crippen LogP contribution < -0.4 is 4.90 Å². The first-order valence-electron chi connectivity index (χ1n) is 5.64. The number of ether oxygens (including phenoxy) is 1. The Balaban J connectivity index is 2.90. The molecule has 1 amide bonds. The van der Waals surface area contributed by atoms with Crippen LogP contribution >= 0.6 is 11.6 Å². The summed E-state index contributed by atoms with van der Waals surface area (Å²) in [6.07, 6.45) is 1.85. The summed E-state index contributed by atoms with van der Waals surface area (Å²) in [4.78, 5) is 23.7. The molecule has 20 heavy (non-hydrogen) atoms. The highest BCUT2D eigenvalue weighted by Gasteiger charge is 2.17. The Bertz CT molecular complexity index is 561. The molecular weight excluding hydrogens is 292 g/mol. The maximum atomic E-state index is 13.7. The molecule has 108 valence electrons. The first-order chi connectivity index (χ1) is 9.38. The molecule has 0 unspecified atom stereocenters. The van der Waals surface area contributed by atoms with Crippen molar-refractivity contribution in [2.75, 3.05) is 18.6 Å². The summed E-state index contributed by atoms with van der Waals surface area (Å²) in [7, 11) is 1.27. The normalized spacial score (nSPS) is 10.7. The van der Waals surface area contributed by atoms with Crippen molar-refractivity contribution in [2.45, 2.75) is 6.92 Å². The zero-order valence-electron chi connectivity index (χ0n) is 10.8. The number of hydrogen-bond donors (Lipinski definition) is 0. The lowest BCUT2D eigenvalue weighted by atomic mass is 10.2. The van der Waals surface area contributed by atoms with Crippen LogP contribution in [0.5, 0.6) is 0 Å². The van der Waals surface area contributed by atoms with Gasteiger partial charge in [-0.1, -0.05) is 11.6 Å². The minimum Gasteiger partial charge on any atom is -0.463 e. The van der Waals surface area contributed by atoms with Crippen molar-refractivity contribution in [3.63, 3.8) is 0 Å². The third kappa shape index (κ3) is 3.77. The summed E-state index contributed by atoms with van der Waals surface area (Å²) >= 11 is 5.42. The fourth-order valence-corrected chi connectivity index (χ4v) is 1.49. The van der Waals surface area contributed by atoms with Gasteiger partial charge in [0.2, 0.25) is 0 Å². The predicted octanol–water partition coefficient (Wildman–Crippen LogP) is 2.70. The summed E-state index contributed by atoms with van der Waals surface area (Å²) in [6, 6.07) is 2.02. The van der Waals surface area contributed by atoms with Crippen LogP contribution in [-0.2, 0) is 14.3 Å². The average molecular weight is 304 g/mol. The number of halogens is 3. The number of benzene rings is 1. The lowest BCUT2D eigenvalue weighted by Crippen LogP contribution is -2.25. The summed E-state index contributed by atoms with van der Waals surface area (Å²) in [5.74, 6) is -3.34. The zero-order chi connectivity index (χ0) is 15.3. The van der Waals surface area contributed by atoms with Crippen molar-refractivity contribution in [3.05, 3.63) is 40.9 Å². The molecule has 0 saturated carbocycles. The molecular formula is C13H12ClF2NO3. The molecule has 0 aliphatic rings. The molecule has 4 nitrogen and oxygen atoms in total. The van der Waals surface area contributed by atoms with Crippen LogP contribution in [0.15, 0.2) is 24.3 Å². The van der Waals surface area contributed by atoms with Gasteiger partial charge in [-0.2, -0.15) is 0 Å². The molecule has 0 atom stereocenters. The average Bonchev–Trinajstić information content (AvgIpc) is 2.42. The van der Waals surface area contributed by atoms with Gasteiger partial charge in [0.15, 0.2) is 5.82 Å². The molecule has 0 radical (unpaired) electrons. The predicted molar refractivity (Wildman–Crippen MR) is 70.6 cm³/mol. The SMILES string of the molecule is CCOC(=O)/C=C/C(=O)N(C)c1ccc(F)c(Cl)c1F. The van der Waals surface area contributed by atoms with Crippen LogP contribution in [0.1, 0.15) is 6.92 Å². The van der Waals surface area contributed by atoms with E-state index in [1.807, 2.05) is 0 Å². The van der Waals surface area contributed by atoms with E-state index in [9.17, 15) is 18.4 Å². The summed E-state index contributed by atoms with van der Waals surface area (Å²) in [6.45, 7) is 1.80. The molecule has 0 bridgehead atoms. The fraction of sp³-hybridized carbons (Fsp3) is 0.231. The quantitative estimate of drug-likeness (QED) is 0.488. The van der Waals surface area contributed by atoms with Gasteiger partial charge in [0.05, 0.1) is 12.3 Å². The molecule has 0 N–H and O–H groups in total. The zero-order valence-corrected chi connectivity index (χ0v) is 11.6. The minimum absolute atomic E-state index is 0.176. The molecule has 7 heteroatoms. The first kappa shape index (κ1) is 16.1. The van der Waals surface area contributed by atoms with E-state index in [1.165, 1.54) is 7.05 Å². The van der Waals surface area contributed by atoms with E-state index in [0.717, 1.165) is 29.2 Å². The van der Waals surface area contributed by atoms with Crippen LogP contribution in [0, 0.1) is 11.6 Å². The maximum absolute atomic E-state index is 13.7. The number of likely N-dealkylation sites (N-methyl/N-ethyl adjacent to an activating group) is 1. The Morgan fingerprint density at radius 3 is 2.60 bits per heavy atom. The molecule has 0 aliphatic carbocycles. The Morgan fingerprint density at radius 2 is 2.00 bits per heavy atom. The number of nitrogens with zero attached hydrogens (tertiary/aromatic N) is 1. The van der Waals surface area contributed by atoms with E-state index >= 15 is 0 Å². The number of anilines is 1. The van der Waals surface area contributed by atoms with E-state index in [1.54, 1.807) is 6.92 Å². The van der Waals surface area contributed by atoms with E-state index in [4.69, 9.17) is 11.6 Å². The smallest absolute Gasteiger partial charge is 0.330 e. The van der Waals surface area contributed by atoms with Gasteiger partial charge in [0.1, 0.15) is 10.8 Å².